The van der Waals surface area contributed by atoms with Crippen molar-refractivity contribution in [3.8, 4) is 0 Å². The Morgan fingerprint density at radius 3 is 2.50 bits per heavy atom. The van der Waals surface area contributed by atoms with Gasteiger partial charge in [-0.25, -0.2) is 4.79 Å². The van der Waals surface area contributed by atoms with Crippen molar-refractivity contribution >= 4 is 12.1 Å². The normalized spacial score (nSPS) is 35.1. The minimum Gasteiger partial charge on any atom is -0.463 e. The third-order valence-corrected chi connectivity index (χ3v) is 12.8. The fourth-order valence-corrected chi connectivity index (χ4v) is 10.3. The molecular weight excluding hydrogens is 550 g/mol. The number of aliphatic hydroxyl groups excluding tert-OH is 1. The summed E-state index contributed by atoms with van der Waals surface area (Å²) >= 11 is 0. The first kappa shape index (κ1) is 33.3. The Bertz CT molecular complexity index is 1100. The minimum absolute atomic E-state index is 0.0841. The Morgan fingerprint density at radius 1 is 1.00 bits per heavy atom. The summed E-state index contributed by atoms with van der Waals surface area (Å²) < 4.78 is 11.4. The van der Waals surface area contributed by atoms with Crippen LogP contribution in [-0.4, -0.2) is 54.5 Å². The molecular formula is C38H59NO5. The lowest BCUT2D eigenvalue weighted by Gasteiger charge is -2.58. The summed E-state index contributed by atoms with van der Waals surface area (Å²) in [7, 11) is 0. The van der Waals surface area contributed by atoms with Crippen molar-refractivity contribution in [3.05, 3.63) is 36.0 Å². The number of hydrogen-bond donors (Lipinski definition) is 1. The van der Waals surface area contributed by atoms with E-state index in [9.17, 15) is 14.7 Å². The summed E-state index contributed by atoms with van der Waals surface area (Å²) in [5.41, 5.74) is 2.20. The van der Waals surface area contributed by atoms with E-state index in [1.165, 1.54) is 61.8 Å². The van der Waals surface area contributed by atoms with E-state index in [1.54, 1.807) is 12.2 Å². The summed E-state index contributed by atoms with van der Waals surface area (Å²) in [4.78, 5) is 26.8. The number of hydrogen-bond acceptors (Lipinski definition) is 5. The van der Waals surface area contributed by atoms with Gasteiger partial charge in [-0.3, -0.25) is 4.79 Å². The molecule has 0 aromatic rings. The molecule has 44 heavy (non-hydrogen) atoms. The zero-order valence-corrected chi connectivity index (χ0v) is 28.1. The Kier molecular flexibility index (Phi) is 10.7. The van der Waals surface area contributed by atoms with Gasteiger partial charge in [0.05, 0.1) is 19.1 Å². The van der Waals surface area contributed by atoms with Gasteiger partial charge in [0.15, 0.2) is 0 Å². The van der Waals surface area contributed by atoms with E-state index in [0.717, 1.165) is 54.8 Å². The molecule has 0 aliphatic heterocycles. The predicted molar refractivity (Wildman–Crippen MR) is 175 cm³/mol. The van der Waals surface area contributed by atoms with Crippen molar-refractivity contribution < 1.29 is 24.2 Å². The molecule has 1 amide bonds. The van der Waals surface area contributed by atoms with Crippen molar-refractivity contribution in [2.24, 2.45) is 52.3 Å². The van der Waals surface area contributed by atoms with E-state index in [2.05, 4.69) is 40.7 Å². The second-order valence-electron chi connectivity index (χ2n) is 15.7. The highest BCUT2D eigenvalue weighted by atomic mass is 16.6. The number of allylic oxidation sites excluding steroid dienone is 3. The molecule has 8 atom stereocenters. The number of ether oxygens (including phenoxy) is 2. The number of fused-ring (bicyclic) bond motifs is 5. The van der Waals surface area contributed by atoms with Crippen LogP contribution in [0, 0.1) is 52.3 Å². The maximum Gasteiger partial charge on any atom is 0.410 e. The van der Waals surface area contributed by atoms with Crippen LogP contribution in [0.5, 0.6) is 0 Å². The van der Waals surface area contributed by atoms with Gasteiger partial charge in [0.1, 0.15) is 12.7 Å². The van der Waals surface area contributed by atoms with Crippen molar-refractivity contribution in [1.29, 1.82) is 0 Å². The summed E-state index contributed by atoms with van der Waals surface area (Å²) in [6.45, 7) is 12.7. The lowest BCUT2D eigenvalue weighted by Crippen LogP contribution is -2.51. The highest BCUT2D eigenvalue weighted by Gasteiger charge is 2.59. The number of nitrogens with zero attached hydrogens (tertiary/aromatic N) is 1. The van der Waals surface area contributed by atoms with Crippen molar-refractivity contribution in [2.75, 3.05) is 26.3 Å². The van der Waals surface area contributed by atoms with Crippen molar-refractivity contribution in [1.82, 2.24) is 4.90 Å². The summed E-state index contributed by atoms with van der Waals surface area (Å²) in [5.74, 6) is 4.18. The molecule has 5 aliphatic carbocycles. The average Bonchev–Trinajstić information content (AvgIpc) is 3.65. The number of rotatable bonds is 12. The number of carbonyl (C=O) groups is 2. The first-order chi connectivity index (χ1) is 21.1. The fourth-order valence-electron chi connectivity index (χ4n) is 10.3. The molecule has 0 heterocycles. The summed E-state index contributed by atoms with van der Waals surface area (Å²) in [6, 6.07) is 0. The molecule has 0 radical (unpaired) electrons. The zero-order chi connectivity index (χ0) is 31.5. The molecule has 3 saturated carbocycles. The van der Waals surface area contributed by atoms with Gasteiger partial charge in [-0.2, -0.15) is 0 Å². The van der Waals surface area contributed by atoms with E-state index in [4.69, 9.17) is 9.47 Å². The molecule has 0 aromatic carbocycles. The van der Waals surface area contributed by atoms with Crippen molar-refractivity contribution in [2.45, 2.75) is 111 Å². The van der Waals surface area contributed by atoms with Crippen LogP contribution in [0.15, 0.2) is 36.0 Å². The molecule has 6 heteroatoms. The maximum atomic E-state index is 13.2. The Morgan fingerprint density at radius 2 is 1.77 bits per heavy atom. The second kappa shape index (κ2) is 14.1. The van der Waals surface area contributed by atoms with Crippen LogP contribution in [-0.2, 0) is 14.3 Å². The van der Waals surface area contributed by atoms with Crippen LogP contribution in [0.4, 0.5) is 4.79 Å². The first-order valence-electron chi connectivity index (χ1n) is 17.8. The monoisotopic (exact) mass is 609 g/mol. The van der Waals surface area contributed by atoms with Gasteiger partial charge in [-0.1, -0.05) is 89.8 Å². The molecule has 5 aliphatic rings. The zero-order valence-electron chi connectivity index (χ0n) is 28.1. The highest BCUT2D eigenvalue weighted by Crippen LogP contribution is 2.67. The SMILES string of the molecule is CC(C)CCC[C@@H](C)[C@H]1CC[C@H]2[C@@H]3CC=C4C[C@@H](OC(=O)N(CCO)CCOC(=O)C5C=CC=C5)CC[C@]4(C)[C@H]3CC[C@]12C. The van der Waals surface area contributed by atoms with Crippen molar-refractivity contribution in [3.63, 3.8) is 0 Å². The standard InChI is InChI=1S/C38H59NO5/c1-26(2)9-8-10-27(3)32-15-16-33-31-14-13-29-25-30(17-19-37(29,4)34(31)18-20-38(32,33)5)44-36(42)39(21-23-40)22-24-43-35(41)28-11-6-7-12-28/h6-7,11-13,26-28,30-34,40H,8-10,14-25H2,1-5H3/t27-,30+,31+,32-,33+,34+,37+,38-/m1/s1. The molecule has 1 N–H and O–H groups in total. The quantitative estimate of drug-likeness (QED) is 0.179. The Balaban J connectivity index is 1.16. The number of carbonyl (C=O) groups excluding carboxylic acids is 2. The third-order valence-electron chi connectivity index (χ3n) is 12.8. The van der Waals surface area contributed by atoms with Gasteiger partial charge in [0.25, 0.3) is 0 Å². The number of amides is 1. The lowest BCUT2D eigenvalue weighted by atomic mass is 9.47. The highest BCUT2D eigenvalue weighted by molar-refractivity contribution is 5.77. The fraction of sp³-hybridized carbons (Fsp3) is 0.789. The van der Waals surface area contributed by atoms with Gasteiger partial charge in [0.2, 0.25) is 0 Å². The van der Waals surface area contributed by atoms with Crippen LogP contribution >= 0.6 is 0 Å². The van der Waals surface area contributed by atoms with Gasteiger partial charge in [-0.05, 0) is 91.3 Å². The van der Waals surface area contributed by atoms with Gasteiger partial charge in [0, 0.05) is 13.0 Å². The molecule has 0 aromatic heterocycles. The third kappa shape index (κ3) is 6.86. The van der Waals surface area contributed by atoms with Gasteiger partial charge >= 0.3 is 12.1 Å². The minimum atomic E-state index is -0.424. The molecule has 0 bridgehead atoms. The van der Waals surface area contributed by atoms with Crippen LogP contribution < -0.4 is 0 Å². The molecule has 6 nitrogen and oxygen atoms in total. The number of esters is 1. The van der Waals surface area contributed by atoms with Gasteiger partial charge in [-0.15, -0.1) is 0 Å². The summed E-state index contributed by atoms with van der Waals surface area (Å²) in [5, 5.41) is 9.57. The van der Waals surface area contributed by atoms with E-state index in [0.29, 0.717) is 5.41 Å². The lowest BCUT2D eigenvalue weighted by molar-refractivity contribution is -0.145. The second-order valence-corrected chi connectivity index (χ2v) is 15.7. The van der Waals surface area contributed by atoms with Crippen LogP contribution in [0.3, 0.4) is 0 Å². The number of aliphatic hydroxyl groups is 1. The van der Waals surface area contributed by atoms with Crippen LogP contribution in [0.25, 0.3) is 0 Å². The van der Waals surface area contributed by atoms with Crippen LogP contribution in [0.1, 0.15) is 105 Å². The van der Waals surface area contributed by atoms with E-state index in [-0.39, 0.29) is 49.7 Å². The Hall–Kier alpha value is -2.08. The van der Waals surface area contributed by atoms with Gasteiger partial charge < -0.3 is 19.5 Å². The van der Waals surface area contributed by atoms with E-state index >= 15 is 0 Å². The topological polar surface area (TPSA) is 76.1 Å². The van der Waals surface area contributed by atoms with E-state index in [1.807, 2.05) is 12.2 Å². The maximum absolute atomic E-state index is 13.2. The molecule has 0 spiro atoms. The molecule has 246 valence electrons. The van der Waals surface area contributed by atoms with E-state index < -0.39 is 6.09 Å². The smallest absolute Gasteiger partial charge is 0.410 e. The Labute approximate surface area is 266 Å². The molecule has 3 fully saturated rings. The largest absolute Gasteiger partial charge is 0.463 e. The first-order valence-corrected chi connectivity index (χ1v) is 17.8. The molecule has 0 saturated heterocycles. The predicted octanol–water partition coefficient (Wildman–Crippen LogP) is 8.11. The van der Waals surface area contributed by atoms with Crippen LogP contribution in [0.2, 0.25) is 0 Å². The molecule has 0 unspecified atom stereocenters. The molecule has 5 rings (SSSR count). The summed E-state index contributed by atoms with van der Waals surface area (Å²) in [6.07, 6.45) is 22.8. The average molecular weight is 610 g/mol.